The summed E-state index contributed by atoms with van der Waals surface area (Å²) in [7, 11) is 0. The van der Waals surface area contributed by atoms with E-state index >= 15 is 0 Å². The van der Waals surface area contributed by atoms with E-state index in [2.05, 4.69) is 5.32 Å². The van der Waals surface area contributed by atoms with E-state index in [1.165, 1.54) is 12.1 Å². The largest absolute Gasteiger partial charge is 0.386 e. The molecule has 0 bridgehead atoms. The molecule has 1 heterocycles. The number of aliphatic hydroxyl groups excluding tert-OH is 1. The number of nitrogens with one attached hydrogen (secondary N) is 1. The van der Waals surface area contributed by atoms with Gasteiger partial charge in [-0.2, -0.15) is 0 Å². The highest BCUT2D eigenvalue weighted by Crippen LogP contribution is 2.27. The fourth-order valence-corrected chi connectivity index (χ4v) is 2.76. The van der Waals surface area contributed by atoms with Gasteiger partial charge in [-0.15, -0.1) is 0 Å². The summed E-state index contributed by atoms with van der Waals surface area (Å²) < 4.78 is 19.2. The maximum Gasteiger partial charge on any atom is 0.253 e. The summed E-state index contributed by atoms with van der Waals surface area (Å²) in [5, 5.41) is 12.7. The molecule has 0 saturated heterocycles. The van der Waals surface area contributed by atoms with E-state index in [-0.39, 0.29) is 18.0 Å². The van der Waals surface area contributed by atoms with Crippen molar-refractivity contribution in [2.24, 2.45) is 0 Å². The number of aliphatic hydroxyl groups is 1. The summed E-state index contributed by atoms with van der Waals surface area (Å²) >= 11 is 0. The van der Waals surface area contributed by atoms with Crippen LogP contribution in [0.2, 0.25) is 0 Å². The highest BCUT2D eigenvalue weighted by molar-refractivity contribution is 5.82. The van der Waals surface area contributed by atoms with Crippen molar-refractivity contribution in [2.75, 3.05) is 13.2 Å². The van der Waals surface area contributed by atoms with Crippen LogP contribution in [0.25, 0.3) is 0 Å². The van der Waals surface area contributed by atoms with Crippen LogP contribution >= 0.6 is 0 Å². The Morgan fingerprint density at radius 1 is 1.26 bits per heavy atom. The molecular formula is C18H18FNO3. The van der Waals surface area contributed by atoms with Gasteiger partial charge in [-0.1, -0.05) is 42.5 Å². The molecule has 2 atom stereocenters. The standard InChI is InChI=1S/C18H18FNO3/c19-15-8-4-3-7-14(15)16(21)11-20-18(22)17-13-6-2-1-5-12(13)9-10-23-17/h1-8,16-17,21H,9-11H2,(H,20,22). The number of carbonyl (C=O) groups is 1. The van der Waals surface area contributed by atoms with Crippen LogP contribution in [-0.2, 0) is 16.0 Å². The monoisotopic (exact) mass is 315 g/mol. The molecule has 2 unspecified atom stereocenters. The molecule has 0 aliphatic carbocycles. The third-order valence-electron chi connectivity index (χ3n) is 3.97. The van der Waals surface area contributed by atoms with Crippen LogP contribution in [0.1, 0.15) is 28.9 Å². The van der Waals surface area contributed by atoms with Crippen molar-refractivity contribution in [2.45, 2.75) is 18.6 Å². The second-order valence-electron chi connectivity index (χ2n) is 5.48. The predicted octanol–water partition coefficient (Wildman–Crippen LogP) is 2.29. The number of amides is 1. The summed E-state index contributed by atoms with van der Waals surface area (Å²) in [5.74, 6) is -0.818. The third-order valence-corrected chi connectivity index (χ3v) is 3.97. The molecule has 3 rings (SSSR count). The first kappa shape index (κ1) is 15.6. The number of hydrogen-bond acceptors (Lipinski definition) is 3. The van der Waals surface area contributed by atoms with Gasteiger partial charge in [0.1, 0.15) is 5.82 Å². The molecule has 1 aliphatic heterocycles. The molecule has 0 fully saturated rings. The molecule has 2 aromatic rings. The molecule has 23 heavy (non-hydrogen) atoms. The molecule has 4 nitrogen and oxygen atoms in total. The normalized spacial score (nSPS) is 18.1. The average molecular weight is 315 g/mol. The zero-order valence-corrected chi connectivity index (χ0v) is 12.5. The van der Waals surface area contributed by atoms with E-state index < -0.39 is 18.0 Å². The number of ether oxygens (including phenoxy) is 1. The van der Waals surface area contributed by atoms with E-state index in [4.69, 9.17) is 4.74 Å². The van der Waals surface area contributed by atoms with Crippen LogP contribution in [0, 0.1) is 5.82 Å². The van der Waals surface area contributed by atoms with Crippen molar-refractivity contribution >= 4 is 5.91 Å². The highest BCUT2D eigenvalue weighted by Gasteiger charge is 2.27. The molecule has 0 radical (unpaired) electrons. The predicted molar refractivity (Wildman–Crippen MR) is 83.2 cm³/mol. The molecule has 2 N–H and O–H groups in total. The number of fused-ring (bicyclic) bond motifs is 1. The van der Waals surface area contributed by atoms with Gasteiger partial charge in [-0.3, -0.25) is 4.79 Å². The summed E-state index contributed by atoms with van der Waals surface area (Å²) in [6, 6.07) is 13.6. The van der Waals surface area contributed by atoms with Gasteiger partial charge in [0.15, 0.2) is 6.10 Å². The molecule has 0 spiro atoms. The number of halogens is 1. The number of carbonyl (C=O) groups excluding carboxylic acids is 1. The van der Waals surface area contributed by atoms with Crippen LogP contribution in [0.4, 0.5) is 4.39 Å². The SMILES string of the molecule is O=C(NCC(O)c1ccccc1F)C1OCCc2ccccc21. The van der Waals surface area contributed by atoms with E-state index in [1.54, 1.807) is 12.1 Å². The third kappa shape index (κ3) is 3.41. The Balaban J connectivity index is 1.66. The van der Waals surface area contributed by atoms with Crippen LogP contribution in [-0.4, -0.2) is 24.2 Å². The topological polar surface area (TPSA) is 58.6 Å². The second-order valence-corrected chi connectivity index (χ2v) is 5.48. The van der Waals surface area contributed by atoms with Crippen LogP contribution in [0.5, 0.6) is 0 Å². The first-order chi connectivity index (χ1) is 11.2. The summed E-state index contributed by atoms with van der Waals surface area (Å²) in [6.07, 6.45) is -1.01. The lowest BCUT2D eigenvalue weighted by molar-refractivity contribution is -0.134. The van der Waals surface area contributed by atoms with E-state index in [9.17, 15) is 14.3 Å². The van der Waals surface area contributed by atoms with Crippen LogP contribution in [0.3, 0.4) is 0 Å². The Morgan fingerprint density at radius 3 is 2.83 bits per heavy atom. The Bertz CT molecular complexity index is 704. The number of benzene rings is 2. The molecular weight excluding hydrogens is 297 g/mol. The van der Waals surface area contributed by atoms with Crippen molar-refractivity contribution in [1.29, 1.82) is 0 Å². The number of hydrogen-bond donors (Lipinski definition) is 2. The van der Waals surface area contributed by atoms with Crippen LogP contribution in [0.15, 0.2) is 48.5 Å². The van der Waals surface area contributed by atoms with Gasteiger partial charge < -0.3 is 15.2 Å². The van der Waals surface area contributed by atoms with Gasteiger partial charge in [0, 0.05) is 12.1 Å². The van der Waals surface area contributed by atoms with E-state index in [0.717, 1.165) is 17.5 Å². The quantitative estimate of drug-likeness (QED) is 0.910. The fraction of sp³-hybridized carbons (Fsp3) is 0.278. The minimum absolute atomic E-state index is 0.0677. The Labute approximate surface area is 133 Å². The highest BCUT2D eigenvalue weighted by atomic mass is 19.1. The van der Waals surface area contributed by atoms with Gasteiger partial charge in [-0.05, 0) is 23.6 Å². The van der Waals surface area contributed by atoms with Gasteiger partial charge in [0.05, 0.1) is 12.7 Å². The number of rotatable bonds is 4. The zero-order chi connectivity index (χ0) is 16.2. The molecule has 2 aromatic carbocycles. The minimum Gasteiger partial charge on any atom is -0.386 e. The summed E-state index contributed by atoms with van der Waals surface area (Å²) in [5.41, 5.74) is 2.10. The first-order valence-corrected chi connectivity index (χ1v) is 7.56. The lowest BCUT2D eigenvalue weighted by atomic mass is 9.97. The van der Waals surface area contributed by atoms with E-state index in [1.807, 2.05) is 24.3 Å². The minimum atomic E-state index is -1.10. The molecule has 0 aromatic heterocycles. The van der Waals surface area contributed by atoms with Crippen molar-refractivity contribution in [3.63, 3.8) is 0 Å². The maximum absolute atomic E-state index is 13.6. The first-order valence-electron chi connectivity index (χ1n) is 7.56. The van der Waals surface area contributed by atoms with Crippen molar-refractivity contribution in [3.05, 3.63) is 71.0 Å². The molecule has 0 saturated carbocycles. The van der Waals surface area contributed by atoms with Crippen molar-refractivity contribution < 1.29 is 19.0 Å². The average Bonchev–Trinajstić information content (AvgIpc) is 2.59. The van der Waals surface area contributed by atoms with Gasteiger partial charge in [0.2, 0.25) is 0 Å². The van der Waals surface area contributed by atoms with Gasteiger partial charge >= 0.3 is 0 Å². The molecule has 1 aliphatic rings. The van der Waals surface area contributed by atoms with Crippen molar-refractivity contribution in [3.8, 4) is 0 Å². The summed E-state index contributed by atoms with van der Waals surface area (Å²) in [4.78, 5) is 12.3. The van der Waals surface area contributed by atoms with Gasteiger partial charge in [0.25, 0.3) is 5.91 Å². The molecule has 120 valence electrons. The summed E-state index contributed by atoms with van der Waals surface area (Å²) in [6.45, 7) is 0.409. The Kier molecular flexibility index (Phi) is 4.69. The lowest BCUT2D eigenvalue weighted by Crippen LogP contribution is -2.36. The molecule has 5 heteroatoms. The molecule has 1 amide bonds. The Morgan fingerprint density at radius 2 is 2.00 bits per heavy atom. The van der Waals surface area contributed by atoms with Crippen LogP contribution < -0.4 is 5.32 Å². The zero-order valence-electron chi connectivity index (χ0n) is 12.5. The lowest BCUT2D eigenvalue weighted by Gasteiger charge is -2.25. The van der Waals surface area contributed by atoms with Crippen molar-refractivity contribution in [1.82, 2.24) is 5.32 Å². The van der Waals surface area contributed by atoms with Gasteiger partial charge in [-0.25, -0.2) is 4.39 Å². The van der Waals surface area contributed by atoms with E-state index in [0.29, 0.717) is 6.61 Å². The Hall–Kier alpha value is -2.24. The maximum atomic E-state index is 13.6. The fourth-order valence-electron chi connectivity index (χ4n) is 2.76. The second kappa shape index (κ2) is 6.89. The smallest absolute Gasteiger partial charge is 0.253 e.